The summed E-state index contributed by atoms with van der Waals surface area (Å²) in [6.07, 6.45) is 0. The highest BCUT2D eigenvalue weighted by molar-refractivity contribution is 7.89. The molecule has 0 heterocycles. The van der Waals surface area contributed by atoms with Crippen LogP contribution in [-0.2, 0) is 23.1 Å². The van der Waals surface area contributed by atoms with Crippen molar-refractivity contribution in [2.24, 2.45) is 0 Å². The normalized spacial score (nSPS) is 11.2. The third kappa shape index (κ3) is 5.57. The van der Waals surface area contributed by atoms with Gasteiger partial charge in [0.2, 0.25) is 10.0 Å². The molecule has 0 aliphatic carbocycles. The van der Waals surface area contributed by atoms with Crippen LogP contribution in [0.25, 0.3) is 0 Å². The van der Waals surface area contributed by atoms with Crippen LogP contribution in [0.3, 0.4) is 0 Å². The van der Waals surface area contributed by atoms with Crippen LogP contribution in [0, 0.1) is 0 Å². The van der Waals surface area contributed by atoms with Gasteiger partial charge in [0.05, 0.1) is 10.5 Å². The van der Waals surface area contributed by atoms with Gasteiger partial charge in [0, 0.05) is 18.1 Å². The number of halogens is 1. The molecule has 0 atom stereocenters. The summed E-state index contributed by atoms with van der Waals surface area (Å²) in [6.45, 7) is 0.368. The van der Waals surface area contributed by atoms with Crippen LogP contribution >= 0.6 is 11.6 Å². The fourth-order valence-corrected chi connectivity index (χ4v) is 3.80. The van der Waals surface area contributed by atoms with Gasteiger partial charge in [-0.25, -0.2) is 13.1 Å². The molecule has 6 nitrogen and oxygen atoms in total. The second-order valence-electron chi connectivity index (χ2n) is 6.30. The van der Waals surface area contributed by atoms with Gasteiger partial charge in [0.1, 0.15) is 5.75 Å². The van der Waals surface area contributed by atoms with Crippen LogP contribution in [0.4, 0.5) is 0 Å². The molecule has 3 aromatic carbocycles. The molecule has 3 N–H and O–H groups in total. The van der Waals surface area contributed by atoms with Crippen molar-refractivity contribution < 1.29 is 18.3 Å². The van der Waals surface area contributed by atoms with Gasteiger partial charge in [0.25, 0.3) is 5.91 Å². The number of hydrogen-bond donors (Lipinski definition) is 3. The van der Waals surface area contributed by atoms with Crippen molar-refractivity contribution in [3.63, 3.8) is 0 Å². The fraction of sp³-hybridized carbons (Fsp3) is 0.0952. The third-order valence-corrected chi connectivity index (χ3v) is 5.85. The monoisotopic (exact) mass is 430 g/mol. The lowest BCUT2D eigenvalue weighted by molar-refractivity contribution is 0.0948. The second-order valence-corrected chi connectivity index (χ2v) is 8.50. The van der Waals surface area contributed by atoms with Crippen molar-refractivity contribution in [1.82, 2.24) is 10.0 Å². The lowest BCUT2D eigenvalue weighted by Crippen LogP contribution is -2.24. The number of carbonyl (C=O) groups is 1. The van der Waals surface area contributed by atoms with E-state index < -0.39 is 15.9 Å². The molecule has 150 valence electrons. The molecule has 0 aliphatic rings. The van der Waals surface area contributed by atoms with Gasteiger partial charge in [-0.2, -0.15) is 0 Å². The SMILES string of the molecule is O=C(NCc1ccc(S(=O)(=O)NCc2ccccc2)cc1)c1cc(Cl)ccc1O. The molecule has 0 saturated carbocycles. The van der Waals surface area contributed by atoms with E-state index in [0.29, 0.717) is 10.6 Å². The highest BCUT2D eigenvalue weighted by Gasteiger charge is 2.14. The zero-order valence-electron chi connectivity index (χ0n) is 15.3. The first kappa shape index (κ1) is 20.9. The Bertz CT molecular complexity index is 1100. The van der Waals surface area contributed by atoms with Crippen molar-refractivity contribution in [3.8, 4) is 5.75 Å². The van der Waals surface area contributed by atoms with E-state index >= 15 is 0 Å². The minimum absolute atomic E-state index is 0.0711. The zero-order valence-corrected chi connectivity index (χ0v) is 16.9. The largest absolute Gasteiger partial charge is 0.507 e. The van der Waals surface area contributed by atoms with Gasteiger partial charge in [-0.1, -0.05) is 54.1 Å². The van der Waals surface area contributed by atoms with Crippen LogP contribution in [0.1, 0.15) is 21.5 Å². The minimum atomic E-state index is -3.64. The van der Waals surface area contributed by atoms with Crippen molar-refractivity contribution in [1.29, 1.82) is 0 Å². The van der Waals surface area contributed by atoms with Crippen LogP contribution in [0.5, 0.6) is 5.75 Å². The summed E-state index contributed by atoms with van der Waals surface area (Å²) in [6, 6.07) is 19.6. The van der Waals surface area contributed by atoms with E-state index in [4.69, 9.17) is 11.6 Å². The summed E-state index contributed by atoms with van der Waals surface area (Å²) in [4.78, 5) is 12.3. The predicted molar refractivity (Wildman–Crippen MR) is 111 cm³/mol. The van der Waals surface area contributed by atoms with E-state index in [1.807, 2.05) is 30.3 Å². The van der Waals surface area contributed by atoms with Crippen LogP contribution in [0.2, 0.25) is 5.02 Å². The average Bonchev–Trinajstić information content (AvgIpc) is 2.73. The number of phenolic OH excluding ortho intramolecular Hbond substituents is 1. The molecule has 0 spiro atoms. The first-order valence-electron chi connectivity index (χ1n) is 8.74. The average molecular weight is 431 g/mol. The lowest BCUT2D eigenvalue weighted by atomic mass is 10.1. The lowest BCUT2D eigenvalue weighted by Gasteiger charge is -2.09. The molecular formula is C21H19ClN2O4S. The molecule has 0 unspecified atom stereocenters. The number of aromatic hydroxyl groups is 1. The number of sulfonamides is 1. The number of phenols is 1. The highest BCUT2D eigenvalue weighted by atomic mass is 35.5. The van der Waals surface area contributed by atoms with E-state index in [2.05, 4.69) is 10.0 Å². The predicted octanol–water partition coefficient (Wildman–Crippen LogP) is 3.45. The smallest absolute Gasteiger partial charge is 0.255 e. The van der Waals surface area contributed by atoms with Crippen LogP contribution < -0.4 is 10.0 Å². The van der Waals surface area contributed by atoms with Crippen LogP contribution in [-0.4, -0.2) is 19.4 Å². The van der Waals surface area contributed by atoms with Gasteiger partial charge in [-0.15, -0.1) is 0 Å². The van der Waals surface area contributed by atoms with Crippen molar-refractivity contribution >= 4 is 27.5 Å². The molecule has 3 rings (SSSR count). The Kier molecular flexibility index (Phi) is 6.53. The number of benzene rings is 3. The number of amides is 1. The molecule has 0 radical (unpaired) electrons. The molecule has 0 aliphatic heterocycles. The first-order valence-corrected chi connectivity index (χ1v) is 10.6. The molecule has 29 heavy (non-hydrogen) atoms. The van der Waals surface area contributed by atoms with Gasteiger partial charge in [0.15, 0.2) is 0 Å². The molecule has 0 bridgehead atoms. The Labute approximate surface area is 174 Å². The Hall–Kier alpha value is -2.87. The maximum atomic E-state index is 12.4. The quantitative estimate of drug-likeness (QED) is 0.535. The van der Waals surface area contributed by atoms with Crippen molar-refractivity contribution in [2.75, 3.05) is 0 Å². The van der Waals surface area contributed by atoms with Gasteiger partial charge in [-0.3, -0.25) is 4.79 Å². The number of carbonyl (C=O) groups excluding carboxylic acids is 1. The molecule has 0 saturated heterocycles. The molecule has 0 aromatic heterocycles. The summed E-state index contributed by atoms with van der Waals surface area (Å²) in [5.74, 6) is -0.649. The fourth-order valence-electron chi connectivity index (χ4n) is 2.61. The van der Waals surface area contributed by atoms with Gasteiger partial charge in [-0.05, 0) is 41.5 Å². The van der Waals surface area contributed by atoms with Crippen molar-refractivity contribution in [3.05, 3.63) is 94.5 Å². The molecule has 3 aromatic rings. The molecule has 1 amide bonds. The van der Waals surface area contributed by atoms with E-state index in [9.17, 15) is 18.3 Å². The minimum Gasteiger partial charge on any atom is -0.507 e. The highest BCUT2D eigenvalue weighted by Crippen LogP contribution is 2.21. The third-order valence-electron chi connectivity index (χ3n) is 4.20. The Morgan fingerprint density at radius 3 is 2.24 bits per heavy atom. The van der Waals surface area contributed by atoms with E-state index in [1.54, 1.807) is 12.1 Å². The summed E-state index contributed by atoms with van der Waals surface area (Å²) < 4.78 is 27.4. The van der Waals surface area contributed by atoms with E-state index in [-0.39, 0.29) is 29.3 Å². The van der Waals surface area contributed by atoms with E-state index in [0.717, 1.165) is 5.56 Å². The summed E-state index contributed by atoms with van der Waals surface area (Å²) >= 11 is 5.85. The Balaban J connectivity index is 1.61. The molecular weight excluding hydrogens is 412 g/mol. The van der Waals surface area contributed by atoms with Crippen LogP contribution in [0.15, 0.2) is 77.7 Å². The molecule has 0 fully saturated rings. The maximum absolute atomic E-state index is 12.4. The summed E-state index contributed by atoms with van der Waals surface area (Å²) in [7, 11) is -3.64. The topological polar surface area (TPSA) is 95.5 Å². The summed E-state index contributed by atoms with van der Waals surface area (Å²) in [5.41, 5.74) is 1.64. The Morgan fingerprint density at radius 1 is 0.897 bits per heavy atom. The number of hydrogen-bond acceptors (Lipinski definition) is 4. The molecule has 8 heteroatoms. The Morgan fingerprint density at radius 2 is 1.55 bits per heavy atom. The number of rotatable bonds is 7. The maximum Gasteiger partial charge on any atom is 0.255 e. The van der Waals surface area contributed by atoms with Gasteiger partial charge < -0.3 is 10.4 Å². The van der Waals surface area contributed by atoms with E-state index in [1.165, 1.54) is 30.3 Å². The zero-order chi connectivity index (χ0) is 20.9. The first-order chi connectivity index (χ1) is 13.8. The summed E-state index contributed by atoms with van der Waals surface area (Å²) in [5, 5.41) is 12.8. The van der Waals surface area contributed by atoms with Crippen molar-refractivity contribution in [2.45, 2.75) is 18.0 Å². The second kappa shape index (κ2) is 9.09. The number of nitrogens with one attached hydrogen (secondary N) is 2. The van der Waals surface area contributed by atoms with Gasteiger partial charge >= 0.3 is 0 Å². The standard InChI is InChI=1S/C21H19ClN2O4S/c22-17-8-11-20(25)19(12-17)21(26)23-13-16-6-9-18(10-7-16)29(27,28)24-14-15-4-2-1-3-5-15/h1-12,24-25H,13-14H2,(H,23,26).